The Labute approximate surface area is 105 Å². The van der Waals surface area contributed by atoms with E-state index in [1.165, 1.54) is 12.1 Å². The third kappa shape index (κ3) is 2.37. The summed E-state index contributed by atoms with van der Waals surface area (Å²) < 4.78 is 38.8. The van der Waals surface area contributed by atoms with E-state index in [1.807, 2.05) is 0 Å². The van der Waals surface area contributed by atoms with Crippen molar-refractivity contribution in [2.45, 2.75) is 11.8 Å². The van der Waals surface area contributed by atoms with E-state index in [1.54, 1.807) is 6.92 Å². The Balaban J connectivity index is 2.41. The number of nitrogens with zero attached hydrogens (tertiary/aromatic N) is 1. The molecule has 1 heterocycles. The number of halogens is 1. The second kappa shape index (κ2) is 4.66. The fourth-order valence-corrected chi connectivity index (χ4v) is 3.44. The van der Waals surface area contributed by atoms with Crippen LogP contribution in [0, 0.1) is 12.7 Å². The lowest BCUT2D eigenvalue weighted by molar-refractivity contribution is -0.122. The van der Waals surface area contributed by atoms with Crippen molar-refractivity contribution in [3.05, 3.63) is 29.6 Å². The van der Waals surface area contributed by atoms with Crippen molar-refractivity contribution >= 4 is 15.9 Å². The highest BCUT2D eigenvalue weighted by molar-refractivity contribution is 7.89. The Morgan fingerprint density at radius 2 is 2.11 bits per heavy atom. The van der Waals surface area contributed by atoms with Crippen LogP contribution in [0.25, 0.3) is 0 Å². The molecule has 0 radical (unpaired) electrons. The first-order valence-electron chi connectivity index (χ1n) is 5.44. The summed E-state index contributed by atoms with van der Waals surface area (Å²) >= 11 is 0. The minimum absolute atomic E-state index is 0.0859. The largest absolute Gasteiger partial charge is 0.354 e. The first kappa shape index (κ1) is 13.0. The number of piperazine rings is 1. The van der Waals surface area contributed by atoms with Gasteiger partial charge in [-0.3, -0.25) is 4.79 Å². The third-order valence-corrected chi connectivity index (χ3v) is 4.76. The van der Waals surface area contributed by atoms with Gasteiger partial charge in [-0.1, -0.05) is 6.07 Å². The standard InChI is InChI=1S/C11H13FN2O3S/c1-8-2-3-9(12)6-10(8)18(16,17)14-5-4-13-11(15)7-14/h2-3,6H,4-5,7H2,1H3,(H,13,15). The number of hydrogen-bond acceptors (Lipinski definition) is 3. The van der Waals surface area contributed by atoms with E-state index < -0.39 is 15.8 Å². The second-order valence-electron chi connectivity index (χ2n) is 4.10. The van der Waals surface area contributed by atoms with E-state index >= 15 is 0 Å². The van der Waals surface area contributed by atoms with Gasteiger partial charge in [-0.2, -0.15) is 4.31 Å². The van der Waals surface area contributed by atoms with E-state index in [2.05, 4.69) is 5.32 Å². The van der Waals surface area contributed by atoms with E-state index in [4.69, 9.17) is 0 Å². The molecule has 7 heteroatoms. The van der Waals surface area contributed by atoms with Gasteiger partial charge in [-0.15, -0.1) is 0 Å². The Morgan fingerprint density at radius 1 is 1.39 bits per heavy atom. The van der Waals surface area contributed by atoms with Crippen molar-refractivity contribution < 1.29 is 17.6 Å². The molecule has 1 aliphatic rings. The summed E-state index contributed by atoms with van der Waals surface area (Å²) in [5.74, 6) is -0.959. The first-order chi connectivity index (χ1) is 8.41. The zero-order valence-electron chi connectivity index (χ0n) is 9.81. The Morgan fingerprint density at radius 3 is 2.78 bits per heavy atom. The second-order valence-corrected chi connectivity index (χ2v) is 6.00. The minimum atomic E-state index is -3.82. The van der Waals surface area contributed by atoms with Gasteiger partial charge in [0.1, 0.15) is 5.82 Å². The molecule has 1 amide bonds. The van der Waals surface area contributed by atoms with Crippen LogP contribution in [0.1, 0.15) is 5.56 Å². The quantitative estimate of drug-likeness (QED) is 0.839. The zero-order chi connectivity index (χ0) is 13.3. The molecular weight excluding hydrogens is 259 g/mol. The molecule has 2 rings (SSSR count). The molecule has 18 heavy (non-hydrogen) atoms. The van der Waals surface area contributed by atoms with Crippen LogP contribution in [-0.4, -0.2) is 38.3 Å². The summed E-state index contributed by atoms with van der Waals surface area (Å²) in [6.07, 6.45) is 0. The molecule has 0 bridgehead atoms. The maximum atomic E-state index is 13.2. The number of amides is 1. The topological polar surface area (TPSA) is 66.5 Å². The van der Waals surface area contributed by atoms with Crippen LogP contribution >= 0.6 is 0 Å². The minimum Gasteiger partial charge on any atom is -0.354 e. The summed E-state index contributed by atoms with van der Waals surface area (Å²) in [6.45, 7) is 1.84. The maximum absolute atomic E-state index is 13.2. The molecular formula is C11H13FN2O3S. The third-order valence-electron chi connectivity index (χ3n) is 2.77. The molecule has 1 aromatic carbocycles. The lowest BCUT2D eigenvalue weighted by atomic mass is 10.2. The van der Waals surface area contributed by atoms with Gasteiger partial charge in [-0.25, -0.2) is 12.8 Å². The average molecular weight is 272 g/mol. The van der Waals surface area contributed by atoms with Crippen LogP contribution in [0.15, 0.2) is 23.1 Å². The summed E-state index contributed by atoms with van der Waals surface area (Å²) in [4.78, 5) is 11.1. The molecule has 1 N–H and O–H groups in total. The summed E-state index contributed by atoms with van der Waals surface area (Å²) in [5.41, 5.74) is 0.461. The van der Waals surface area contributed by atoms with Crippen molar-refractivity contribution in [3.63, 3.8) is 0 Å². The molecule has 0 aromatic heterocycles. The highest BCUT2D eigenvalue weighted by Crippen LogP contribution is 2.21. The molecule has 1 aromatic rings. The van der Waals surface area contributed by atoms with Gasteiger partial charge in [0, 0.05) is 13.1 Å². The molecule has 1 saturated heterocycles. The molecule has 5 nitrogen and oxygen atoms in total. The van der Waals surface area contributed by atoms with Crippen molar-refractivity contribution in [2.75, 3.05) is 19.6 Å². The van der Waals surface area contributed by atoms with E-state index in [-0.39, 0.29) is 30.4 Å². The normalized spacial score (nSPS) is 17.6. The van der Waals surface area contributed by atoms with Crippen LogP contribution in [-0.2, 0) is 14.8 Å². The van der Waals surface area contributed by atoms with E-state index in [9.17, 15) is 17.6 Å². The lowest BCUT2D eigenvalue weighted by Crippen LogP contribution is -2.49. The Kier molecular flexibility index (Phi) is 3.36. The monoisotopic (exact) mass is 272 g/mol. The number of nitrogens with one attached hydrogen (secondary N) is 1. The van der Waals surface area contributed by atoms with Gasteiger partial charge in [0.2, 0.25) is 15.9 Å². The predicted molar refractivity (Wildman–Crippen MR) is 62.9 cm³/mol. The molecule has 0 spiro atoms. The fourth-order valence-electron chi connectivity index (χ4n) is 1.81. The first-order valence-corrected chi connectivity index (χ1v) is 6.88. The van der Waals surface area contributed by atoms with Crippen LogP contribution in [0.3, 0.4) is 0 Å². The highest BCUT2D eigenvalue weighted by Gasteiger charge is 2.30. The van der Waals surface area contributed by atoms with Crippen molar-refractivity contribution in [3.8, 4) is 0 Å². The number of sulfonamides is 1. The van der Waals surface area contributed by atoms with Crippen molar-refractivity contribution in [1.29, 1.82) is 0 Å². The molecule has 1 aliphatic heterocycles. The molecule has 0 atom stereocenters. The number of benzene rings is 1. The van der Waals surface area contributed by atoms with Gasteiger partial charge < -0.3 is 5.32 Å². The van der Waals surface area contributed by atoms with Crippen LogP contribution in [0.4, 0.5) is 4.39 Å². The maximum Gasteiger partial charge on any atom is 0.243 e. The van der Waals surface area contributed by atoms with E-state index in [0.29, 0.717) is 5.56 Å². The summed E-state index contributed by atoms with van der Waals surface area (Å²) in [5, 5.41) is 2.54. The van der Waals surface area contributed by atoms with Crippen LogP contribution < -0.4 is 5.32 Å². The van der Waals surface area contributed by atoms with Gasteiger partial charge in [0.25, 0.3) is 0 Å². The Bertz CT molecular complexity index is 586. The molecule has 98 valence electrons. The molecule has 0 aliphatic carbocycles. The molecule has 0 unspecified atom stereocenters. The summed E-state index contributed by atoms with van der Waals surface area (Å²) in [6, 6.07) is 3.60. The fraction of sp³-hybridized carbons (Fsp3) is 0.364. The van der Waals surface area contributed by atoms with Crippen LogP contribution in [0.5, 0.6) is 0 Å². The van der Waals surface area contributed by atoms with Gasteiger partial charge in [0.05, 0.1) is 11.4 Å². The number of carbonyl (C=O) groups excluding carboxylic acids is 1. The van der Waals surface area contributed by atoms with Gasteiger partial charge in [0.15, 0.2) is 0 Å². The lowest BCUT2D eigenvalue weighted by Gasteiger charge is -2.26. The van der Waals surface area contributed by atoms with Crippen LogP contribution in [0.2, 0.25) is 0 Å². The smallest absolute Gasteiger partial charge is 0.243 e. The Hall–Kier alpha value is -1.47. The zero-order valence-corrected chi connectivity index (χ0v) is 10.6. The van der Waals surface area contributed by atoms with Crippen molar-refractivity contribution in [1.82, 2.24) is 9.62 Å². The van der Waals surface area contributed by atoms with Crippen molar-refractivity contribution in [2.24, 2.45) is 0 Å². The van der Waals surface area contributed by atoms with E-state index in [0.717, 1.165) is 10.4 Å². The molecule has 0 saturated carbocycles. The number of hydrogen-bond donors (Lipinski definition) is 1. The highest BCUT2D eigenvalue weighted by atomic mass is 32.2. The predicted octanol–water partition coefficient (Wildman–Crippen LogP) is 0.255. The van der Waals surface area contributed by atoms with Gasteiger partial charge >= 0.3 is 0 Å². The number of rotatable bonds is 2. The molecule has 1 fully saturated rings. The number of carbonyl (C=O) groups is 1. The number of aryl methyl sites for hydroxylation is 1. The SMILES string of the molecule is Cc1ccc(F)cc1S(=O)(=O)N1CCNC(=O)C1. The van der Waals surface area contributed by atoms with Gasteiger partial charge in [-0.05, 0) is 24.6 Å². The average Bonchev–Trinajstić information content (AvgIpc) is 2.32. The summed E-state index contributed by atoms with van der Waals surface area (Å²) in [7, 11) is -3.82.